The van der Waals surface area contributed by atoms with Gasteiger partial charge in [-0.15, -0.1) is 5.10 Å². The molecule has 0 fully saturated rings. The second-order valence-electron chi connectivity index (χ2n) is 6.48. The molecule has 11 heteroatoms. The molecule has 3 aromatic heterocycles. The summed E-state index contributed by atoms with van der Waals surface area (Å²) >= 11 is 0. The van der Waals surface area contributed by atoms with Crippen molar-refractivity contribution in [2.75, 3.05) is 5.32 Å². The van der Waals surface area contributed by atoms with Crippen LogP contribution in [0.25, 0.3) is 5.65 Å². The Bertz CT molecular complexity index is 970. The number of carbonyl (C=O) groups is 2. The van der Waals surface area contributed by atoms with Gasteiger partial charge in [-0.3, -0.25) is 5.32 Å². The molecule has 0 spiro atoms. The number of nitrogens with zero attached hydrogens (tertiary/aromatic N) is 6. The van der Waals surface area contributed by atoms with E-state index in [0.717, 1.165) is 0 Å². The fourth-order valence-electron chi connectivity index (χ4n) is 2.17. The van der Waals surface area contributed by atoms with Crippen LogP contribution in [-0.2, 0) is 11.3 Å². The molecule has 0 radical (unpaired) electrons. The number of ether oxygens (including phenoxy) is 1. The van der Waals surface area contributed by atoms with E-state index in [9.17, 15) is 9.59 Å². The molecule has 11 nitrogen and oxygen atoms in total. The minimum absolute atomic E-state index is 0.154. The molecule has 0 bridgehead atoms. The van der Waals surface area contributed by atoms with Crippen LogP contribution in [-0.4, -0.2) is 52.4 Å². The van der Waals surface area contributed by atoms with E-state index < -0.39 is 17.7 Å². The van der Waals surface area contributed by atoms with E-state index in [-0.39, 0.29) is 12.2 Å². The Morgan fingerprint density at radius 2 is 2.08 bits per heavy atom. The number of fused-ring (bicyclic) bond motifs is 1. The average Bonchev–Trinajstić information content (AvgIpc) is 3.12. The zero-order valence-electron chi connectivity index (χ0n) is 14.4. The van der Waals surface area contributed by atoms with Crippen molar-refractivity contribution in [2.45, 2.75) is 32.9 Å². The molecular formula is C15H17N7O4. The van der Waals surface area contributed by atoms with E-state index in [1.165, 1.54) is 21.6 Å². The van der Waals surface area contributed by atoms with Gasteiger partial charge in [-0.1, -0.05) is 5.21 Å². The highest BCUT2D eigenvalue weighted by molar-refractivity contribution is 5.89. The van der Waals surface area contributed by atoms with Crippen LogP contribution in [0.5, 0.6) is 0 Å². The lowest BCUT2D eigenvalue weighted by Gasteiger charge is -2.19. The monoisotopic (exact) mass is 359 g/mol. The fourth-order valence-corrected chi connectivity index (χ4v) is 2.17. The normalized spacial score (nSPS) is 11.5. The quantitative estimate of drug-likeness (QED) is 0.713. The van der Waals surface area contributed by atoms with Gasteiger partial charge in [0.1, 0.15) is 5.60 Å². The fraction of sp³-hybridized carbons (Fsp3) is 0.333. The highest BCUT2D eigenvalue weighted by atomic mass is 16.6. The summed E-state index contributed by atoms with van der Waals surface area (Å²) < 4.78 is 8.08. The van der Waals surface area contributed by atoms with Crippen molar-refractivity contribution in [3.05, 3.63) is 36.0 Å². The first-order chi connectivity index (χ1) is 12.2. The Morgan fingerprint density at radius 1 is 1.31 bits per heavy atom. The second kappa shape index (κ2) is 6.43. The standard InChI is InChI=1S/C15H17N7O4/c1-15(2,3)26-14(25)18-10-4-5-16-22-7-9(17-12(10)22)6-21-8-11(13(23)24)19-20-21/h4-5,7-8H,6H2,1-3H3,(H,18,25)(H,23,24). The minimum atomic E-state index is -1.16. The molecule has 0 saturated carbocycles. The summed E-state index contributed by atoms with van der Waals surface area (Å²) in [6.07, 6.45) is 3.87. The SMILES string of the molecule is CC(C)(C)OC(=O)Nc1ccnn2cc(Cn3cc(C(=O)O)nn3)nc12. The molecule has 136 valence electrons. The number of nitrogens with one attached hydrogen (secondary N) is 1. The van der Waals surface area contributed by atoms with Gasteiger partial charge in [-0.2, -0.15) is 5.10 Å². The molecule has 3 aromatic rings. The number of anilines is 1. The van der Waals surface area contributed by atoms with Gasteiger partial charge in [-0.25, -0.2) is 23.8 Å². The average molecular weight is 359 g/mol. The first kappa shape index (κ1) is 17.3. The molecule has 1 amide bonds. The second-order valence-corrected chi connectivity index (χ2v) is 6.48. The molecule has 2 N–H and O–H groups in total. The lowest BCUT2D eigenvalue weighted by Crippen LogP contribution is -2.27. The van der Waals surface area contributed by atoms with Gasteiger partial charge in [-0.05, 0) is 26.8 Å². The first-order valence-electron chi connectivity index (χ1n) is 7.68. The van der Waals surface area contributed by atoms with E-state index in [1.807, 2.05) is 0 Å². The van der Waals surface area contributed by atoms with Crippen LogP contribution < -0.4 is 5.32 Å². The van der Waals surface area contributed by atoms with Gasteiger partial charge < -0.3 is 9.84 Å². The molecule has 3 rings (SSSR count). The van der Waals surface area contributed by atoms with Crippen LogP contribution in [0, 0.1) is 0 Å². The lowest BCUT2D eigenvalue weighted by atomic mass is 10.2. The molecule has 0 saturated heterocycles. The summed E-state index contributed by atoms with van der Waals surface area (Å²) in [6, 6.07) is 1.61. The van der Waals surface area contributed by atoms with Gasteiger partial charge in [0.15, 0.2) is 11.3 Å². The van der Waals surface area contributed by atoms with Crippen molar-refractivity contribution < 1.29 is 19.4 Å². The van der Waals surface area contributed by atoms with Gasteiger partial charge in [0.2, 0.25) is 0 Å². The third-order valence-corrected chi connectivity index (χ3v) is 3.13. The Balaban J connectivity index is 1.82. The van der Waals surface area contributed by atoms with Gasteiger partial charge >= 0.3 is 12.1 Å². The van der Waals surface area contributed by atoms with Crippen LogP contribution in [0.15, 0.2) is 24.7 Å². The molecular weight excluding hydrogens is 342 g/mol. The number of hydrogen-bond donors (Lipinski definition) is 2. The highest BCUT2D eigenvalue weighted by Crippen LogP contribution is 2.17. The van der Waals surface area contributed by atoms with Crippen molar-refractivity contribution >= 4 is 23.4 Å². The lowest BCUT2D eigenvalue weighted by molar-refractivity contribution is 0.0634. The predicted octanol–water partition coefficient (Wildman–Crippen LogP) is 1.41. The van der Waals surface area contributed by atoms with Crippen molar-refractivity contribution in [2.24, 2.45) is 0 Å². The molecule has 0 unspecified atom stereocenters. The molecule has 0 aliphatic heterocycles. The van der Waals surface area contributed by atoms with Crippen molar-refractivity contribution in [1.82, 2.24) is 29.6 Å². The number of carboxylic acid groups (broad SMARTS) is 1. The summed E-state index contributed by atoms with van der Waals surface area (Å²) in [4.78, 5) is 27.2. The summed E-state index contributed by atoms with van der Waals surface area (Å²) in [6.45, 7) is 5.51. The van der Waals surface area contributed by atoms with E-state index in [4.69, 9.17) is 9.84 Å². The topological polar surface area (TPSA) is 137 Å². The molecule has 26 heavy (non-hydrogen) atoms. The highest BCUT2D eigenvalue weighted by Gasteiger charge is 2.18. The third-order valence-electron chi connectivity index (χ3n) is 3.13. The van der Waals surface area contributed by atoms with Crippen LogP contribution in [0.3, 0.4) is 0 Å². The zero-order chi connectivity index (χ0) is 18.9. The number of imidazole rings is 1. The van der Waals surface area contributed by atoms with Crippen molar-refractivity contribution in [1.29, 1.82) is 0 Å². The van der Waals surface area contributed by atoms with E-state index in [1.54, 1.807) is 33.0 Å². The van der Waals surface area contributed by atoms with Crippen molar-refractivity contribution in [3.63, 3.8) is 0 Å². The maximum Gasteiger partial charge on any atom is 0.412 e. The molecule has 0 aliphatic rings. The summed E-state index contributed by atoms with van der Waals surface area (Å²) in [5.74, 6) is -1.16. The van der Waals surface area contributed by atoms with Gasteiger partial charge in [0.25, 0.3) is 0 Å². The minimum Gasteiger partial charge on any atom is -0.476 e. The van der Waals surface area contributed by atoms with Crippen molar-refractivity contribution in [3.8, 4) is 0 Å². The molecule has 3 heterocycles. The van der Waals surface area contributed by atoms with Crippen LogP contribution >= 0.6 is 0 Å². The number of carboxylic acids is 1. The Hall–Kier alpha value is -3.50. The Kier molecular flexibility index (Phi) is 4.28. The number of hydrogen-bond acceptors (Lipinski definition) is 7. The third kappa shape index (κ3) is 3.94. The molecule has 0 aromatic carbocycles. The maximum absolute atomic E-state index is 12.0. The van der Waals surface area contributed by atoms with Crippen LogP contribution in [0.4, 0.5) is 10.5 Å². The van der Waals surface area contributed by atoms with Gasteiger partial charge in [0.05, 0.1) is 36.5 Å². The van der Waals surface area contributed by atoms with E-state index >= 15 is 0 Å². The molecule has 0 atom stereocenters. The molecule has 0 aliphatic carbocycles. The Morgan fingerprint density at radius 3 is 2.73 bits per heavy atom. The number of amides is 1. The largest absolute Gasteiger partial charge is 0.476 e. The summed E-state index contributed by atoms with van der Waals surface area (Å²) in [7, 11) is 0. The summed E-state index contributed by atoms with van der Waals surface area (Å²) in [5, 5.41) is 23.0. The van der Waals surface area contributed by atoms with Crippen LogP contribution in [0.1, 0.15) is 37.0 Å². The maximum atomic E-state index is 12.0. The number of carbonyl (C=O) groups excluding carboxylic acids is 1. The number of aromatic carboxylic acids is 1. The number of rotatable bonds is 4. The zero-order valence-corrected chi connectivity index (χ0v) is 14.4. The summed E-state index contributed by atoms with van der Waals surface area (Å²) in [5.41, 5.74) is 0.650. The first-order valence-corrected chi connectivity index (χ1v) is 7.68. The van der Waals surface area contributed by atoms with Gasteiger partial charge in [0, 0.05) is 0 Å². The predicted molar refractivity (Wildman–Crippen MR) is 88.9 cm³/mol. The van der Waals surface area contributed by atoms with Crippen LogP contribution in [0.2, 0.25) is 0 Å². The van der Waals surface area contributed by atoms with E-state index in [2.05, 4.69) is 25.7 Å². The van der Waals surface area contributed by atoms with E-state index in [0.29, 0.717) is 17.0 Å². The number of aromatic nitrogens is 6. The smallest absolute Gasteiger partial charge is 0.412 e. The Labute approximate surface area is 147 Å².